The van der Waals surface area contributed by atoms with Crippen molar-refractivity contribution in [1.29, 1.82) is 0 Å². The molecule has 0 radical (unpaired) electrons. The summed E-state index contributed by atoms with van der Waals surface area (Å²) in [7, 11) is 0. The van der Waals surface area contributed by atoms with Gasteiger partial charge in [-0.25, -0.2) is 0 Å². The summed E-state index contributed by atoms with van der Waals surface area (Å²) >= 11 is 0. The van der Waals surface area contributed by atoms with Crippen LogP contribution in [0.15, 0.2) is 0 Å². The second-order valence-corrected chi connectivity index (χ2v) is 8.97. The Kier molecular flexibility index (Phi) is 5.63. The van der Waals surface area contributed by atoms with Gasteiger partial charge in [-0.3, -0.25) is 4.79 Å². The third kappa shape index (κ3) is 4.15. The lowest BCUT2D eigenvalue weighted by Crippen LogP contribution is -2.45. The van der Waals surface area contributed by atoms with E-state index in [4.69, 9.17) is 0 Å². The van der Waals surface area contributed by atoms with Gasteiger partial charge in [0.1, 0.15) is 5.78 Å². The fourth-order valence-corrected chi connectivity index (χ4v) is 6.27. The SMILES string of the molecule is CCCCC(=O)CCCCCCC12CC3CC(CC(C3)C1)C2. The van der Waals surface area contributed by atoms with Crippen LogP contribution in [0.25, 0.3) is 0 Å². The van der Waals surface area contributed by atoms with Crippen LogP contribution in [0.1, 0.15) is 103 Å². The van der Waals surface area contributed by atoms with Crippen LogP contribution in [0.4, 0.5) is 0 Å². The van der Waals surface area contributed by atoms with E-state index < -0.39 is 0 Å². The molecule has 0 aromatic carbocycles. The minimum atomic E-state index is 0.503. The predicted molar refractivity (Wildman–Crippen MR) is 92.8 cm³/mol. The lowest BCUT2D eigenvalue weighted by Gasteiger charge is -2.57. The molecule has 0 amide bonds. The highest BCUT2D eigenvalue weighted by Crippen LogP contribution is 2.61. The first kappa shape index (κ1) is 16.5. The van der Waals surface area contributed by atoms with Gasteiger partial charge in [-0.2, -0.15) is 0 Å². The fraction of sp³-hybridized carbons (Fsp3) is 0.952. The van der Waals surface area contributed by atoms with Crippen molar-refractivity contribution in [3.63, 3.8) is 0 Å². The Morgan fingerprint density at radius 1 is 0.818 bits per heavy atom. The zero-order valence-electron chi connectivity index (χ0n) is 14.7. The summed E-state index contributed by atoms with van der Waals surface area (Å²) in [6.07, 6.45) is 20.0. The molecule has 0 unspecified atom stereocenters. The Labute approximate surface area is 137 Å². The molecule has 4 saturated carbocycles. The summed E-state index contributed by atoms with van der Waals surface area (Å²) in [6, 6.07) is 0. The number of carbonyl (C=O) groups excluding carboxylic acids is 1. The molecule has 0 aliphatic heterocycles. The molecule has 1 nitrogen and oxygen atoms in total. The van der Waals surface area contributed by atoms with E-state index in [1.54, 1.807) is 38.5 Å². The molecule has 4 aliphatic rings. The van der Waals surface area contributed by atoms with Crippen molar-refractivity contribution in [3.05, 3.63) is 0 Å². The zero-order chi connectivity index (χ0) is 15.4. The minimum Gasteiger partial charge on any atom is -0.300 e. The maximum absolute atomic E-state index is 11.7. The molecule has 0 saturated heterocycles. The summed E-state index contributed by atoms with van der Waals surface area (Å²) in [5.41, 5.74) is 0.770. The molecule has 126 valence electrons. The van der Waals surface area contributed by atoms with E-state index >= 15 is 0 Å². The van der Waals surface area contributed by atoms with Crippen molar-refractivity contribution in [2.75, 3.05) is 0 Å². The number of carbonyl (C=O) groups is 1. The van der Waals surface area contributed by atoms with Crippen LogP contribution in [0, 0.1) is 23.2 Å². The molecule has 0 aromatic heterocycles. The Balaban J connectivity index is 1.28. The van der Waals surface area contributed by atoms with Gasteiger partial charge in [-0.1, -0.05) is 32.6 Å². The van der Waals surface area contributed by atoms with E-state index in [9.17, 15) is 4.79 Å². The highest BCUT2D eigenvalue weighted by Gasteiger charge is 2.50. The van der Waals surface area contributed by atoms with Crippen LogP contribution in [0.5, 0.6) is 0 Å². The summed E-state index contributed by atoms with van der Waals surface area (Å²) in [5, 5.41) is 0. The molecule has 4 fully saturated rings. The molecule has 0 N–H and O–H groups in total. The summed E-state index contributed by atoms with van der Waals surface area (Å²) in [5.74, 6) is 3.80. The molecule has 4 bridgehead atoms. The van der Waals surface area contributed by atoms with E-state index in [1.165, 1.54) is 25.7 Å². The lowest BCUT2D eigenvalue weighted by atomic mass is 9.48. The second-order valence-electron chi connectivity index (χ2n) is 8.97. The van der Waals surface area contributed by atoms with Crippen molar-refractivity contribution in [3.8, 4) is 0 Å². The van der Waals surface area contributed by atoms with E-state index in [1.807, 2.05) is 0 Å². The molecule has 4 aliphatic carbocycles. The zero-order valence-corrected chi connectivity index (χ0v) is 14.7. The quantitative estimate of drug-likeness (QED) is 0.433. The molecule has 1 heteroatoms. The fourth-order valence-electron chi connectivity index (χ4n) is 6.27. The minimum absolute atomic E-state index is 0.503. The number of ketones is 1. The number of unbranched alkanes of at least 4 members (excludes halogenated alkanes) is 4. The third-order valence-electron chi connectivity index (χ3n) is 6.89. The van der Waals surface area contributed by atoms with Gasteiger partial charge >= 0.3 is 0 Å². The van der Waals surface area contributed by atoms with Crippen LogP contribution in [-0.2, 0) is 4.79 Å². The molecule has 22 heavy (non-hydrogen) atoms. The van der Waals surface area contributed by atoms with Crippen LogP contribution in [-0.4, -0.2) is 5.78 Å². The normalized spacial score (nSPS) is 36.0. The van der Waals surface area contributed by atoms with Crippen molar-refractivity contribution in [2.45, 2.75) is 103 Å². The summed E-state index contributed by atoms with van der Waals surface area (Å²) in [6.45, 7) is 2.16. The first-order valence-corrected chi connectivity index (χ1v) is 10.2. The van der Waals surface area contributed by atoms with E-state index in [-0.39, 0.29) is 0 Å². The number of rotatable bonds is 10. The number of Topliss-reactive ketones (excluding diaryl/α,β-unsaturated/α-hetero) is 1. The van der Waals surface area contributed by atoms with Gasteiger partial charge in [-0.15, -0.1) is 0 Å². The van der Waals surface area contributed by atoms with E-state index in [0.717, 1.165) is 55.3 Å². The monoisotopic (exact) mass is 304 g/mol. The average Bonchev–Trinajstić information content (AvgIpc) is 2.47. The molecular weight excluding hydrogens is 268 g/mol. The highest BCUT2D eigenvalue weighted by molar-refractivity contribution is 5.78. The standard InChI is InChI=1S/C21H36O/c1-2-3-8-20(22)9-6-4-5-7-10-21-14-17-11-18(15-21)13-19(12-17)16-21/h17-19H,2-16H2,1H3. The first-order valence-electron chi connectivity index (χ1n) is 10.2. The maximum Gasteiger partial charge on any atom is 0.132 e. The van der Waals surface area contributed by atoms with Crippen LogP contribution in [0.2, 0.25) is 0 Å². The third-order valence-corrected chi connectivity index (χ3v) is 6.89. The molecular formula is C21H36O. The van der Waals surface area contributed by atoms with Crippen molar-refractivity contribution < 1.29 is 4.79 Å². The van der Waals surface area contributed by atoms with Gasteiger partial charge in [0.05, 0.1) is 0 Å². The van der Waals surface area contributed by atoms with Crippen LogP contribution >= 0.6 is 0 Å². The van der Waals surface area contributed by atoms with Crippen LogP contribution < -0.4 is 0 Å². The molecule has 0 spiro atoms. The Hall–Kier alpha value is -0.330. The highest BCUT2D eigenvalue weighted by atomic mass is 16.1. The molecule has 0 atom stereocenters. The van der Waals surface area contributed by atoms with Gasteiger partial charge in [0.2, 0.25) is 0 Å². The smallest absolute Gasteiger partial charge is 0.132 e. The van der Waals surface area contributed by atoms with Crippen molar-refractivity contribution in [2.24, 2.45) is 23.2 Å². The van der Waals surface area contributed by atoms with Crippen molar-refractivity contribution in [1.82, 2.24) is 0 Å². The van der Waals surface area contributed by atoms with Gasteiger partial charge in [0, 0.05) is 12.8 Å². The Bertz CT molecular complexity index is 335. The molecule has 0 aromatic rings. The van der Waals surface area contributed by atoms with Gasteiger partial charge in [0.15, 0.2) is 0 Å². The number of hydrogen-bond donors (Lipinski definition) is 0. The van der Waals surface area contributed by atoms with Gasteiger partial charge in [-0.05, 0) is 81.0 Å². The predicted octanol–water partition coefficient (Wildman–Crippen LogP) is 6.30. The Morgan fingerprint density at radius 3 is 1.95 bits per heavy atom. The molecule has 4 rings (SSSR count). The van der Waals surface area contributed by atoms with Crippen molar-refractivity contribution >= 4 is 5.78 Å². The maximum atomic E-state index is 11.7. The largest absolute Gasteiger partial charge is 0.300 e. The van der Waals surface area contributed by atoms with Crippen LogP contribution in [0.3, 0.4) is 0 Å². The Morgan fingerprint density at radius 2 is 1.36 bits per heavy atom. The number of hydrogen-bond acceptors (Lipinski definition) is 1. The van der Waals surface area contributed by atoms with E-state index in [0.29, 0.717) is 5.78 Å². The summed E-state index contributed by atoms with van der Waals surface area (Å²) in [4.78, 5) is 11.7. The van der Waals surface area contributed by atoms with Gasteiger partial charge < -0.3 is 0 Å². The lowest BCUT2D eigenvalue weighted by molar-refractivity contribution is -0.119. The second kappa shape index (κ2) is 7.49. The average molecular weight is 305 g/mol. The topological polar surface area (TPSA) is 17.1 Å². The van der Waals surface area contributed by atoms with Gasteiger partial charge in [0.25, 0.3) is 0 Å². The first-order chi connectivity index (χ1) is 10.7. The summed E-state index contributed by atoms with van der Waals surface area (Å²) < 4.78 is 0. The van der Waals surface area contributed by atoms with E-state index in [2.05, 4.69) is 6.92 Å². The molecule has 0 heterocycles.